The molecule has 0 aliphatic heterocycles. The van der Waals surface area contributed by atoms with Crippen molar-refractivity contribution in [3.63, 3.8) is 0 Å². The lowest BCUT2D eigenvalue weighted by atomic mass is 10.0. The van der Waals surface area contributed by atoms with E-state index in [1.807, 2.05) is 11.6 Å². The third-order valence-electron chi connectivity index (χ3n) is 5.26. The van der Waals surface area contributed by atoms with Gasteiger partial charge in [0, 0.05) is 13.1 Å². The van der Waals surface area contributed by atoms with Gasteiger partial charge in [0.05, 0.1) is 12.7 Å². The van der Waals surface area contributed by atoms with Gasteiger partial charge in [-0.25, -0.2) is 4.98 Å². The molecule has 3 fully saturated rings. The summed E-state index contributed by atoms with van der Waals surface area (Å²) in [4.78, 5) is 4.33. The van der Waals surface area contributed by atoms with Crippen molar-refractivity contribution in [2.45, 2.75) is 31.8 Å². The van der Waals surface area contributed by atoms with Gasteiger partial charge in [-0.1, -0.05) is 11.6 Å². The molecule has 0 saturated heterocycles. The Morgan fingerprint density at radius 1 is 1.41 bits per heavy atom. The largest absolute Gasteiger partial charge is 0.321 e. The predicted molar refractivity (Wildman–Crippen MR) is 66.7 cm³/mol. The number of aromatic nitrogens is 2. The van der Waals surface area contributed by atoms with Crippen LogP contribution in [0.2, 0.25) is 5.15 Å². The van der Waals surface area contributed by atoms with Crippen molar-refractivity contribution in [2.24, 2.45) is 30.7 Å². The van der Waals surface area contributed by atoms with Crippen molar-refractivity contribution in [1.82, 2.24) is 14.9 Å². The maximum Gasteiger partial charge on any atom is 0.128 e. The molecule has 0 amide bonds. The molecule has 0 spiro atoms. The van der Waals surface area contributed by atoms with Crippen molar-refractivity contribution in [3.05, 3.63) is 17.2 Å². The molecule has 0 aromatic carbocycles. The molecule has 0 radical (unpaired) electrons. The van der Waals surface area contributed by atoms with Crippen LogP contribution >= 0.6 is 11.6 Å². The molecule has 1 aromatic heterocycles. The van der Waals surface area contributed by atoms with Crippen LogP contribution in [0.3, 0.4) is 0 Å². The highest BCUT2D eigenvalue weighted by molar-refractivity contribution is 6.29. The lowest BCUT2D eigenvalue weighted by Crippen LogP contribution is -2.24. The summed E-state index contributed by atoms with van der Waals surface area (Å²) in [5.41, 5.74) is 0. The van der Waals surface area contributed by atoms with E-state index in [1.165, 1.54) is 19.3 Å². The van der Waals surface area contributed by atoms with Gasteiger partial charge < -0.3 is 9.88 Å². The number of hydrogen-bond donors (Lipinski definition) is 1. The summed E-state index contributed by atoms with van der Waals surface area (Å²) >= 11 is 5.99. The highest BCUT2D eigenvalue weighted by atomic mass is 35.5. The van der Waals surface area contributed by atoms with Crippen LogP contribution in [0.5, 0.6) is 0 Å². The lowest BCUT2D eigenvalue weighted by molar-refractivity contribution is 0.456. The molecule has 1 N–H and O–H groups in total. The second-order valence-corrected chi connectivity index (χ2v) is 6.34. The highest BCUT2D eigenvalue weighted by Gasteiger charge is 2.64. The average Bonchev–Trinajstić information content (AvgIpc) is 2.66. The quantitative estimate of drug-likeness (QED) is 0.893. The SMILES string of the molecule is Cn1c(Cl)cnc1CNC1C2C3CCC(C3)C12. The van der Waals surface area contributed by atoms with Gasteiger partial charge in [-0.15, -0.1) is 0 Å². The fourth-order valence-corrected chi connectivity index (χ4v) is 4.54. The number of nitrogens with one attached hydrogen (secondary N) is 1. The highest BCUT2D eigenvalue weighted by Crippen LogP contribution is 2.65. The minimum atomic E-state index is 0.720. The number of hydrogen-bond acceptors (Lipinski definition) is 2. The molecule has 2 bridgehead atoms. The fourth-order valence-electron chi connectivity index (χ4n) is 4.40. The van der Waals surface area contributed by atoms with Crippen LogP contribution in [-0.2, 0) is 13.6 Å². The Kier molecular flexibility index (Phi) is 2.13. The molecule has 4 atom stereocenters. The van der Waals surface area contributed by atoms with E-state index in [9.17, 15) is 0 Å². The molecule has 92 valence electrons. The normalized spacial score (nSPS) is 41.9. The van der Waals surface area contributed by atoms with Crippen LogP contribution in [0.25, 0.3) is 0 Å². The van der Waals surface area contributed by atoms with E-state index < -0.39 is 0 Å². The van der Waals surface area contributed by atoms with Gasteiger partial charge in [-0.3, -0.25) is 0 Å². The zero-order chi connectivity index (χ0) is 11.6. The van der Waals surface area contributed by atoms with E-state index in [4.69, 9.17) is 11.6 Å². The number of fused-ring (bicyclic) bond motifs is 5. The molecule has 1 aromatic rings. The molecule has 4 heteroatoms. The second-order valence-electron chi connectivity index (χ2n) is 5.95. The fraction of sp³-hybridized carbons (Fsp3) is 0.769. The molecule has 3 saturated carbocycles. The smallest absolute Gasteiger partial charge is 0.128 e. The topological polar surface area (TPSA) is 29.9 Å². The van der Waals surface area contributed by atoms with Gasteiger partial charge in [0.15, 0.2) is 0 Å². The number of rotatable bonds is 3. The van der Waals surface area contributed by atoms with Crippen LogP contribution in [0.15, 0.2) is 6.20 Å². The Labute approximate surface area is 107 Å². The van der Waals surface area contributed by atoms with Gasteiger partial charge in [-0.05, 0) is 42.9 Å². The average molecular weight is 252 g/mol. The Morgan fingerprint density at radius 3 is 2.71 bits per heavy atom. The van der Waals surface area contributed by atoms with E-state index in [0.717, 1.165) is 47.2 Å². The minimum Gasteiger partial charge on any atom is -0.321 e. The van der Waals surface area contributed by atoms with Crippen molar-refractivity contribution >= 4 is 11.6 Å². The molecule has 4 rings (SSSR count). The first kappa shape index (κ1) is 10.4. The summed E-state index contributed by atoms with van der Waals surface area (Å²) in [6.45, 7) is 0.861. The molecule has 17 heavy (non-hydrogen) atoms. The molecular weight excluding hydrogens is 234 g/mol. The Bertz CT molecular complexity index is 440. The van der Waals surface area contributed by atoms with Crippen LogP contribution in [-0.4, -0.2) is 15.6 Å². The monoisotopic (exact) mass is 251 g/mol. The molecule has 3 nitrogen and oxygen atoms in total. The van der Waals surface area contributed by atoms with Gasteiger partial charge >= 0.3 is 0 Å². The van der Waals surface area contributed by atoms with Crippen molar-refractivity contribution < 1.29 is 0 Å². The van der Waals surface area contributed by atoms with E-state index in [0.29, 0.717) is 0 Å². The Hall–Kier alpha value is -0.540. The standard InChI is InChI=1S/C13H18ClN3/c1-17-9(14)5-15-10(17)6-16-13-11-7-2-3-8(4-7)12(11)13/h5,7-8,11-13,16H,2-4,6H2,1H3. The minimum absolute atomic E-state index is 0.720. The first-order chi connectivity index (χ1) is 8.25. The predicted octanol–water partition coefficient (Wildman–Crippen LogP) is 2.21. The first-order valence-electron chi connectivity index (χ1n) is 6.65. The van der Waals surface area contributed by atoms with E-state index in [-0.39, 0.29) is 0 Å². The third kappa shape index (κ3) is 1.42. The van der Waals surface area contributed by atoms with Crippen LogP contribution in [0, 0.1) is 23.7 Å². The lowest BCUT2D eigenvalue weighted by Gasteiger charge is -2.10. The summed E-state index contributed by atoms with van der Waals surface area (Å²) in [6, 6.07) is 0.775. The van der Waals surface area contributed by atoms with Crippen molar-refractivity contribution in [2.75, 3.05) is 0 Å². The molecule has 3 aliphatic rings. The summed E-state index contributed by atoms with van der Waals surface area (Å²) in [6.07, 6.45) is 6.22. The number of imidazole rings is 1. The van der Waals surface area contributed by atoms with Crippen LogP contribution < -0.4 is 5.32 Å². The molecule has 4 unspecified atom stereocenters. The number of nitrogens with zero attached hydrogens (tertiary/aromatic N) is 2. The molecule has 3 aliphatic carbocycles. The van der Waals surface area contributed by atoms with E-state index in [1.54, 1.807) is 6.20 Å². The van der Waals surface area contributed by atoms with Gasteiger partial charge in [0.2, 0.25) is 0 Å². The summed E-state index contributed by atoms with van der Waals surface area (Å²) in [5, 5.41) is 4.41. The Balaban J connectivity index is 1.40. The van der Waals surface area contributed by atoms with Crippen LogP contribution in [0.4, 0.5) is 0 Å². The Morgan fingerprint density at radius 2 is 2.12 bits per heavy atom. The zero-order valence-corrected chi connectivity index (χ0v) is 10.8. The number of halogens is 1. The van der Waals surface area contributed by atoms with Gasteiger partial charge in [0.1, 0.15) is 11.0 Å². The maximum atomic E-state index is 5.99. The molecule has 1 heterocycles. The summed E-state index contributed by atoms with van der Waals surface area (Å²) < 4.78 is 1.96. The van der Waals surface area contributed by atoms with Gasteiger partial charge in [0.25, 0.3) is 0 Å². The second kappa shape index (κ2) is 3.48. The van der Waals surface area contributed by atoms with Gasteiger partial charge in [-0.2, -0.15) is 0 Å². The van der Waals surface area contributed by atoms with Crippen molar-refractivity contribution in [1.29, 1.82) is 0 Å². The summed E-state index contributed by atoms with van der Waals surface area (Å²) in [5.74, 6) is 5.10. The van der Waals surface area contributed by atoms with E-state index >= 15 is 0 Å². The van der Waals surface area contributed by atoms with Crippen molar-refractivity contribution in [3.8, 4) is 0 Å². The summed E-state index contributed by atoms with van der Waals surface area (Å²) in [7, 11) is 1.98. The molecular formula is C13H18ClN3. The zero-order valence-electron chi connectivity index (χ0n) is 10.1. The van der Waals surface area contributed by atoms with E-state index in [2.05, 4.69) is 10.3 Å². The third-order valence-corrected chi connectivity index (χ3v) is 5.61. The maximum absolute atomic E-state index is 5.99. The van der Waals surface area contributed by atoms with Crippen LogP contribution in [0.1, 0.15) is 25.1 Å². The first-order valence-corrected chi connectivity index (χ1v) is 7.03.